The topological polar surface area (TPSA) is 102 Å². The van der Waals surface area contributed by atoms with E-state index < -0.39 is 16.2 Å². The van der Waals surface area contributed by atoms with E-state index >= 15 is 0 Å². The molecule has 3 aromatic rings. The van der Waals surface area contributed by atoms with E-state index in [0.29, 0.717) is 11.0 Å². The average molecular weight is 344 g/mol. The van der Waals surface area contributed by atoms with Crippen molar-refractivity contribution in [1.82, 2.24) is 4.72 Å². The van der Waals surface area contributed by atoms with Gasteiger partial charge in [-0.3, -0.25) is 4.79 Å². The maximum Gasteiger partial charge on any atom is 0.242 e. The maximum atomic E-state index is 12.5. The van der Waals surface area contributed by atoms with Gasteiger partial charge in [0.15, 0.2) is 5.43 Å². The minimum atomic E-state index is -3.85. The van der Waals surface area contributed by atoms with Crippen LogP contribution in [0.3, 0.4) is 0 Å². The van der Waals surface area contributed by atoms with Gasteiger partial charge in [0.05, 0.1) is 15.8 Å². The molecule has 0 saturated carbocycles. The Hall–Kier alpha value is -2.48. The van der Waals surface area contributed by atoms with Gasteiger partial charge in [-0.1, -0.05) is 29.8 Å². The van der Waals surface area contributed by atoms with Crippen LogP contribution in [0.15, 0.2) is 68.9 Å². The molecule has 2 aromatic carbocycles. The number of nitrogens with two attached hydrogens (primary N) is 1. The Morgan fingerprint density at radius 3 is 2.46 bits per heavy atom. The second kappa shape index (κ2) is 6.20. The van der Waals surface area contributed by atoms with Gasteiger partial charge in [-0.15, -0.1) is 0 Å². The number of hydrogen-bond acceptors (Lipinski definition) is 5. The van der Waals surface area contributed by atoms with Gasteiger partial charge in [0.1, 0.15) is 18.0 Å². The highest BCUT2D eigenvalue weighted by molar-refractivity contribution is 7.89. The van der Waals surface area contributed by atoms with Gasteiger partial charge in [-0.05, 0) is 31.2 Å². The molecule has 1 heterocycles. The Balaban J connectivity index is 1.95. The molecule has 0 aliphatic carbocycles. The van der Waals surface area contributed by atoms with Crippen molar-refractivity contribution in [2.24, 2.45) is 5.73 Å². The van der Waals surface area contributed by atoms with Crippen molar-refractivity contribution in [2.45, 2.75) is 18.0 Å². The van der Waals surface area contributed by atoms with Gasteiger partial charge in [0.25, 0.3) is 0 Å². The highest BCUT2D eigenvalue weighted by Gasteiger charge is 2.21. The second-order valence-corrected chi connectivity index (χ2v) is 7.14. The minimum absolute atomic E-state index is 0.0457. The van der Waals surface area contributed by atoms with Crippen LogP contribution in [0.4, 0.5) is 0 Å². The van der Waals surface area contributed by atoms with E-state index in [4.69, 9.17) is 10.2 Å². The third kappa shape index (κ3) is 3.09. The number of sulfonamides is 1. The van der Waals surface area contributed by atoms with Crippen LogP contribution in [-0.2, 0) is 10.0 Å². The normalized spacial score (nSPS) is 13.1. The van der Waals surface area contributed by atoms with E-state index in [0.717, 1.165) is 5.56 Å². The Morgan fingerprint density at radius 1 is 1.08 bits per heavy atom. The fraction of sp³-hybridized carbons (Fsp3) is 0.118. The second-order valence-electron chi connectivity index (χ2n) is 5.43. The SMILES string of the molecule is Cc1ccc(S(=O)(=O)NC(N)c2coc3ccccc3c2=O)cc1. The summed E-state index contributed by atoms with van der Waals surface area (Å²) >= 11 is 0. The summed E-state index contributed by atoms with van der Waals surface area (Å²) in [5.74, 6) is 0. The average Bonchev–Trinajstić information content (AvgIpc) is 2.55. The summed E-state index contributed by atoms with van der Waals surface area (Å²) in [6.45, 7) is 1.86. The lowest BCUT2D eigenvalue weighted by atomic mass is 10.1. The number of nitrogens with one attached hydrogen (secondary N) is 1. The smallest absolute Gasteiger partial charge is 0.242 e. The van der Waals surface area contributed by atoms with E-state index in [1.807, 2.05) is 6.92 Å². The van der Waals surface area contributed by atoms with Gasteiger partial charge in [-0.25, -0.2) is 8.42 Å². The molecule has 3 rings (SSSR count). The number of hydrogen-bond donors (Lipinski definition) is 2. The van der Waals surface area contributed by atoms with Crippen LogP contribution in [0.25, 0.3) is 11.0 Å². The molecule has 0 bridgehead atoms. The van der Waals surface area contributed by atoms with Crippen LogP contribution >= 0.6 is 0 Å². The summed E-state index contributed by atoms with van der Waals surface area (Å²) in [4.78, 5) is 12.5. The Labute approximate surface area is 139 Å². The molecule has 7 heteroatoms. The third-order valence-corrected chi connectivity index (χ3v) is 5.11. The van der Waals surface area contributed by atoms with Gasteiger partial charge in [-0.2, -0.15) is 4.72 Å². The molecule has 1 atom stereocenters. The van der Waals surface area contributed by atoms with Crippen molar-refractivity contribution >= 4 is 21.0 Å². The molecule has 1 unspecified atom stereocenters. The van der Waals surface area contributed by atoms with Crippen LogP contribution in [0.1, 0.15) is 17.3 Å². The van der Waals surface area contributed by atoms with E-state index in [1.165, 1.54) is 18.4 Å². The molecular weight excluding hydrogens is 328 g/mol. The monoisotopic (exact) mass is 344 g/mol. The fourth-order valence-electron chi connectivity index (χ4n) is 2.32. The lowest BCUT2D eigenvalue weighted by Gasteiger charge is -2.14. The highest BCUT2D eigenvalue weighted by atomic mass is 32.2. The predicted molar refractivity (Wildman–Crippen MR) is 90.9 cm³/mol. The molecule has 0 aliphatic rings. The summed E-state index contributed by atoms with van der Waals surface area (Å²) < 4.78 is 32.4. The fourth-order valence-corrected chi connectivity index (χ4v) is 3.42. The molecule has 0 aliphatic heterocycles. The highest BCUT2D eigenvalue weighted by Crippen LogP contribution is 2.16. The number of para-hydroxylation sites is 1. The van der Waals surface area contributed by atoms with Crippen LogP contribution in [0, 0.1) is 6.92 Å². The molecule has 124 valence electrons. The van der Waals surface area contributed by atoms with E-state index in [2.05, 4.69) is 4.72 Å². The van der Waals surface area contributed by atoms with Gasteiger partial charge in [0.2, 0.25) is 10.0 Å². The van der Waals surface area contributed by atoms with E-state index in [-0.39, 0.29) is 15.9 Å². The molecule has 0 amide bonds. The van der Waals surface area contributed by atoms with Gasteiger partial charge in [0, 0.05) is 0 Å². The quantitative estimate of drug-likeness (QED) is 0.705. The van der Waals surface area contributed by atoms with Gasteiger partial charge >= 0.3 is 0 Å². The lowest BCUT2D eigenvalue weighted by Crippen LogP contribution is -2.36. The molecule has 3 N–H and O–H groups in total. The van der Waals surface area contributed by atoms with Crippen molar-refractivity contribution in [3.8, 4) is 0 Å². The number of aryl methyl sites for hydroxylation is 1. The standard InChI is InChI=1S/C17H16N2O4S/c1-11-6-8-12(9-7-11)24(21,22)19-17(18)14-10-23-15-5-3-2-4-13(15)16(14)20/h2-10,17,19H,18H2,1H3. The predicted octanol–water partition coefficient (Wildman–Crippen LogP) is 2.04. The summed E-state index contributed by atoms with van der Waals surface area (Å²) in [6.07, 6.45) is -0.0235. The molecule has 0 spiro atoms. The molecule has 0 fully saturated rings. The summed E-state index contributed by atoms with van der Waals surface area (Å²) in [5, 5.41) is 0.347. The minimum Gasteiger partial charge on any atom is -0.464 e. The number of fused-ring (bicyclic) bond motifs is 1. The molecule has 0 radical (unpaired) electrons. The first kappa shape index (κ1) is 16.4. The largest absolute Gasteiger partial charge is 0.464 e. The molecular formula is C17H16N2O4S. The first-order valence-electron chi connectivity index (χ1n) is 7.23. The van der Waals surface area contributed by atoms with Gasteiger partial charge < -0.3 is 10.2 Å². The Bertz CT molecular complexity index is 1040. The number of rotatable bonds is 4. The van der Waals surface area contributed by atoms with E-state index in [9.17, 15) is 13.2 Å². The van der Waals surface area contributed by atoms with Crippen molar-refractivity contribution in [1.29, 1.82) is 0 Å². The Morgan fingerprint density at radius 2 is 1.75 bits per heavy atom. The first-order chi connectivity index (χ1) is 11.4. The summed E-state index contributed by atoms with van der Waals surface area (Å²) in [5.41, 5.74) is 6.93. The first-order valence-corrected chi connectivity index (χ1v) is 8.72. The van der Waals surface area contributed by atoms with Crippen molar-refractivity contribution < 1.29 is 12.8 Å². The Kier molecular flexibility index (Phi) is 4.23. The molecule has 1 aromatic heterocycles. The number of benzene rings is 2. The maximum absolute atomic E-state index is 12.5. The zero-order valence-electron chi connectivity index (χ0n) is 12.9. The zero-order valence-corrected chi connectivity index (χ0v) is 13.7. The lowest BCUT2D eigenvalue weighted by molar-refractivity contribution is 0.544. The zero-order chi connectivity index (χ0) is 17.3. The van der Waals surface area contributed by atoms with Crippen molar-refractivity contribution in [3.63, 3.8) is 0 Å². The molecule has 24 heavy (non-hydrogen) atoms. The summed E-state index contributed by atoms with van der Waals surface area (Å²) in [6, 6.07) is 13.0. The summed E-state index contributed by atoms with van der Waals surface area (Å²) in [7, 11) is -3.85. The molecule has 0 saturated heterocycles. The van der Waals surface area contributed by atoms with Crippen LogP contribution in [0.2, 0.25) is 0 Å². The van der Waals surface area contributed by atoms with Crippen molar-refractivity contribution in [3.05, 3.63) is 76.1 Å². The van der Waals surface area contributed by atoms with E-state index in [1.54, 1.807) is 36.4 Å². The van der Waals surface area contributed by atoms with Crippen LogP contribution in [0.5, 0.6) is 0 Å². The molecule has 6 nitrogen and oxygen atoms in total. The van der Waals surface area contributed by atoms with Crippen LogP contribution < -0.4 is 15.9 Å². The van der Waals surface area contributed by atoms with Crippen molar-refractivity contribution in [2.75, 3.05) is 0 Å². The van der Waals surface area contributed by atoms with Crippen LogP contribution in [-0.4, -0.2) is 8.42 Å². The third-order valence-electron chi connectivity index (χ3n) is 3.66.